The topological polar surface area (TPSA) is 9.23 Å². The highest BCUT2D eigenvalue weighted by molar-refractivity contribution is 7.41. The third-order valence-corrected chi connectivity index (χ3v) is 3.11. The van der Waals surface area contributed by atoms with E-state index in [2.05, 4.69) is 0 Å². The second kappa shape index (κ2) is 5.13. The Labute approximate surface area is 110 Å². The summed E-state index contributed by atoms with van der Waals surface area (Å²) in [6, 6.07) is 5.64. The Hall–Kier alpha value is -0.690. The number of para-hydroxylation sites is 1. The van der Waals surface area contributed by atoms with Gasteiger partial charge in [-0.2, -0.15) is 0 Å². The van der Waals surface area contributed by atoms with Crippen molar-refractivity contribution in [2.24, 2.45) is 0 Å². The van der Waals surface area contributed by atoms with Gasteiger partial charge < -0.3 is 4.52 Å². The molecular formula is C14H21F2OP. The van der Waals surface area contributed by atoms with Crippen LogP contribution in [0.25, 0.3) is 0 Å². The van der Waals surface area contributed by atoms with E-state index in [-0.39, 0.29) is 10.8 Å². The highest BCUT2D eigenvalue weighted by atomic mass is 31.2. The Kier molecular flexibility index (Phi) is 4.38. The first-order valence-electron chi connectivity index (χ1n) is 5.97. The van der Waals surface area contributed by atoms with Crippen LogP contribution < -0.4 is 4.52 Å². The number of hydrogen-bond donors (Lipinski definition) is 0. The van der Waals surface area contributed by atoms with Gasteiger partial charge in [0, 0.05) is 11.1 Å². The maximum Gasteiger partial charge on any atom is 0.481 e. The minimum absolute atomic E-state index is 0.220. The van der Waals surface area contributed by atoms with Crippen molar-refractivity contribution >= 4 is 8.77 Å². The van der Waals surface area contributed by atoms with Crippen LogP contribution in [0.2, 0.25) is 0 Å². The lowest BCUT2D eigenvalue weighted by molar-refractivity contribution is 0.459. The van der Waals surface area contributed by atoms with E-state index in [0.29, 0.717) is 5.75 Å². The summed E-state index contributed by atoms with van der Waals surface area (Å²) < 4.78 is 30.3. The van der Waals surface area contributed by atoms with Crippen molar-refractivity contribution in [3.8, 4) is 5.75 Å². The van der Waals surface area contributed by atoms with Crippen LogP contribution in [-0.2, 0) is 10.8 Å². The molecule has 102 valence electrons. The fourth-order valence-electron chi connectivity index (χ4n) is 1.89. The molecule has 1 nitrogen and oxygen atoms in total. The van der Waals surface area contributed by atoms with E-state index < -0.39 is 8.77 Å². The molecule has 0 bridgehead atoms. The van der Waals surface area contributed by atoms with E-state index in [0.717, 1.165) is 11.1 Å². The zero-order valence-corrected chi connectivity index (χ0v) is 12.7. The maximum absolute atomic E-state index is 12.7. The first-order chi connectivity index (χ1) is 8.03. The van der Waals surface area contributed by atoms with E-state index in [1.165, 1.54) is 0 Å². The summed E-state index contributed by atoms with van der Waals surface area (Å²) in [5, 5.41) is 0. The minimum atomic E-state index is -3.40. The molecule has 0 saturated carbocycles. The van der Waals surface area contributed by atoms with Gasteiger partial charge in [-0.15, -0.1) is 8.39 Å². The standard InChI is InChI=1S/C14H21F2OP/c1-13(2,3)10-8-7-9-11(14(4,5)6)12(10)17-18(15)16/h7-9H,1-6H3. The molecule has 0 saturated heterocycles. The number of halogens is 2. The summed E-state index contributed by atoms with van der Waals surface area (Å²) in [7, 11) is -3.40. The smallest absolute Gasteiger partial charge is 0.420 e. The SMILES string of the molecule is CC(C)(C)c1cccc(C(C)(C)C)c1OP(F)F. The molecular weight excluding hydrogens is 253 g/mol. The van der Waals surface area contributed by atoms with E-state index >= 15 is 0 Å². The molecule has 0 unspecified atom stereocenters. The highest BCUT2D eigenvalue weighted by Crippen LogP contribution is 2.48. The molecule has 0 heterocycles. The van der Waals surface area contributed by atoms with Crippen molar-refractivity contribution < 1.29 is 12.9 Å². The molecule has 0 aliphatic carbocycles. The molecule has 0 spiro atoms. The van der Waals surface area contributed by atoms with Crippen LogP contribution >= 0.6 is 8.77 Å². The van der Waals surface area contributed by atoms with Crippen molar-refractivity contribution in [1.82, 2.24) is 0 Å². The van der Waals surface area contributed by atoms with E-state index in [1.807, 2.05) is 59.7 Å². The minimum Gasteiger partial charge on any atom is -0.420 e. The van der Waals surface area contributed by atoms with E-state index in [1.54, 1.807) is 0 Å². The summed E-state index contributed by atoms with van der Waals surface area (Å²) in [5.74, 6) is 0.355. The first kappa shape index (κ1) is 15.4. The molecule has 0 aliphatic rings. The molecule has 0 atom stereocenters. The maximum atomic E-state index is 12.7. The van der Waals surface area contributed by atoms with Crippen LogP contribution in [0.15, 0.2) is 18.2 Å². The fraction of sp³-hybridized carbons (Fsp3) is 0.571. The molecule has 1 aromatic carbocycles. The molecule has 0 radical (unpaired) electrons. The molecule has 0 fully saturated rings. The normalized spacial score (nSPS) is 12.9. The molecule has 4 heteroatoms. The van der Waals surface area contributed by atoms with Crippen LogP contribution in [0.5, 0.6) is 5.75 Å². The Morgan fingerprint density at radius 3 is 1.56 bits per heavy atom. The van der Waals surface area contributed by atoms with Crippen LogP contribution in [0, 0.1) is 0 Å². The van der Waals surface area contributed by atoms with Gasteiger partial charge in [-0.05, 0) is 10.8 Å². The number of hydrogen-bond acceptors (Lipinski definition) is 1. The zero-order chi connectivity index (χ0) is 14.1. The second-order valence-electron chi connectivity index (χ2n) is 6.48. The summed E-state index contributed by atoms with van der Waals surface area (Å²) >= 11 is 0. The molecule has 18 heavy (non-hydrogen) atoms. The second-order valence-corrected chi connectivity index (χ2v) is 7.06. The lowest BCUT2D eigenvalue weighted by atomic mass is 9.80. The lowest BCUT2D eigenvalue weighted by Gasteiger charge is -2.28. The summed E-state index contributed by atoms with van der Waals surface area (Å²) in [6.07, 6.45) is 0. The Bertz CT molecular complexity index is 385. The summed E-state index contributed by atoms with van der Waals surface area (Å²) in [5.41, 5.74) is 1.22. The molecule has 0 N–H and O–H groups in total. The molecule has 0 aromatic heterocycles. The average molecular weight is 274 g/mol. The van der Waals surface area contributed by atoms with Gasteiger partial charge in [-0.3, -0.25) is 0 Å². The zero-order valence-electron chi connectivity index (χ0n) is 11.8. The highest BCUT2D eigenvalue weighted by Gasteiger charge is 2.28. The van der Waals surface area contributed by atoms with Crippen molar-refractivity contribution in [1.29, 1.82) is 0 Å². The molecule has 1 rings (SSSR count). The third kappa shape index (κ3) is 3.65. The lowest BCUT2D eigenvalue weighted by Crippen LogP contribution is -2.18. The third-order valence-electron chi connectivity index (χ3n) is 2.79. The van der Waals surface area contributed by atoms with E-state index in [9.17, 15) is 8.39 Å². The Balaban J connectivity index is 3.45. The molecule has 1 aromatic rings. The van der Waals surface area contributed by atoms with Gasteiger partial charge in [0.15, 0.2) is 0 Å². The van der Waals surface area contributed by atoms with Crippen LogP contribution in [0.3, 0.4) is 0 Å². The predicted octanol–water partition coefficient (Wildman–Crippen LogP) is 5.83. The van der Waals surface area contributed by atoms with Crippen LogP contribution in [-0.4, -0.2) is 0 Å². The Morgan fingerprint density at radius 1 is 0.889 bits per heavy atom. The fourth-order valence-corrected chi connectivity index (χ4v) is 2.22. The number of rotatable bonds is 2. The summed E-state index contributed by atoms with van der Waals surface area (Å²) in [4.78, 5) is 0. The van der Waals surface area contributed by atoms with Crippen molar-refractivity contribution in [3.63, 3.8) is 0 Å². The van der Waals surface area contributed by atoms with Crippen molar-refractivity contribution in [2.45, 2.75) is 52.4 Å². The van der Waals surface area contributed by atoms with Crippen molar-refractivity contribution in [2.75, 3.05) is 0 Å². The summed E-state index contributed by atoms with van der Waals surface area (Å²) in [6.45, 7) is 12.0. The van der Waals surface area contributed by atoms with Gasteiger partial charge in [0.2, 0.25) is 0 Å². The Morgan fingerprint density at radius 2 is 1.28 bits per heavy atom. The quantitative estimate of drug-likeness (QED) is 0.617. The largest absolute Gasteiger partial charge is 0.481 e. The van der Waals surface area contributed by atoms with Crippen LogP contribution in [0.4, 0.5) is 8.39 Å². The van der Waals surface area contributed by atoms with Gasteiger partial charge in [-0.1, -0.05) is 59.7 Å². The van der Waals surface area contributed by atoms with Crippen molar-refractivity contribution in [3.05, 3.63) is 29.3 Å². The predicted molar refractivity (Wildman–Crippen MR) is 73.6 cm³/mol. The molecule has 0 amide bonds. The first-order valence-corrected chi connectivity index (χ1v) is 7.01. The molecule has 0 aliphatic heterocycles. The van der Waals surface area contributed by atoms with Gasteiger partial charge in [0.25, 0.3) is 0 Å². The average Bonchev–Trinajstić information content (AvgIpc) is 2.13. The van der Waals surface area contributed by atoms with Gasteiger partial charge in [-0.25, -0.2) is 0 Å². The van der Waals surface area contributed by atoms with Crippen LogP contribution in [0.1, 0.15) is 52.7 Å². The van der Waals surface area contributed by atoms with Gasteiger partial charge in [0.05, 0.1) is 0 Å². The van der Waals surface area contributed by atoms with E-state index in [4.69, 9.17) is 4.52 Å². The van der Waals surface area contributed by atoms with Gasteiger partial charge in [0.1, 0.15) is 5.75 Å². The number of benzene rings is 1. The monoisotopic (exact) mass is 274 g/mol. The van der Waals surface area contributed by atoms with Gasteiger partial charge >= 0.3 is 8.77 Å².